The Morgan fingerprint density at radius 1 is 1.07 bits per heavy atom. The highest BCUT2D eigenvalue weighted by Crippen LogP contribution is 2.32. The fourth-order valence-corrected chi connectivity index (χ4v) is 2.83. The molecule has 0 saturated heterocycles. The molecule has 2 heterocycles. The summed E-state index contributed by atoms with van der Waals surface area (Å²) in [5.74, 6) is 0.990. The summed E-state index contributed by atoms with van der Waals surface area (Å²) in [5, 5.41) is 11.0. The molecule has 0 N–H and O–H groups in total. The topological polar surface area (TPSA) is 83.6 Å². The number of nitro groups is 1. The van der Waals surface area contributed by atoms with Crippen molar-refractivity contribution in [2.75, 3.05) is 6.79 Å². The second-order valence-corrected chi connectivity index (χ2v) is 5.85. The van der Waals surface area contributed by atoms with E-state index in [1.165, 1.54) is 18.2 Å². The first kappa shape index (κ1) is 16.6. The van der Waals surface area contributed by atoms with Crippen molar-refractivity contribution >= 4 is 17.5 Å². The Morgan fingerprint density at radius 3 is 2.78 bits per heavy atom. The van der Waals surface area contributed by atoms with Crippen LogP contribution in [0.2, 0.25) is 0 Å². The molecule has 0 fully saturated rings. The SMILES string of the molecule is O=C(/C=C/c1cccn1-c1cccc([N+](=O)[O-])c1)c1ccc2c(c1)OCO2. The number of hydrogen-bond donors (Lipinski definition) is 0. The second kappa shape index (κ2) is 6.80. The van der Waals surface area contributed by atoms with E-state index in [2.05, 4.69) is 0 Å². The predicted octanol–water partition coefficient (Wildman–Crippen LogP) is 4.01. The standard InChI is InChI=1S/C20H14N2O5/c23-18(14-6-9-19-20(11-14)27-13-26-19)8-7-15-5-2-10-21(15)16-3-1-4-17(12-16)22(24)25/h1-12H,13H2/b8-7+. The van der Waals surface area contributed by atoms with E-state index in [1.54, 1.807) is 47.2 Å². The van der Waals surface area contributed by atoms with Crippen LogP contribution in [-0.2, 0) is 0 Å². The average molecular weight is 362 g/mol. The van der Waals surface area contributed by atoms with Crippen LogP contribution in [0, 0.1) is 10.1 Å². The van der Waals surface area contributed by atoms with Crippen LogP contribution in [0.4, 0.5) is 5.69 Å². The van der Waals surface area contributed by atoms with Gasteiger partial charge in [-0.15, -0.1) is 0 Å². The third kappa shape index (κ3) is 3.30. The van der Waals surface area contributed by atoms with Crippen molar-refractivity contribution in [2.45, 2.75) is 0 Å². The van der Waals surface area contributed by atoms with Crippen LogP contribution in [0.3, 0.4) is 0 Å². The highest BCUT2D eigenvalue weighted by Gasteiger charge is 2.15. The van der Waals surface area contributed by atoms with Crippen molar-refractivity contribution in [1.82, 2.24) is 4.57 Å². The molecule has 1 aromatic heterocycles. The minimum absolute atomic E-state index is 0.00701. The largest absolute Gasteiger partial charge is 0.454 e. The van der Waals surface area contributed by atoms with Gasteiger partial charge in [-0.1, -0.05) is 6.07 Å². The number of fused-ring (bicyclic) bond motifs is 1. The molecule has 0 unspecified atom stereocenters. The number of carbonyl (C=O) groups is 1. The van der Waals surface area contributed by atoms with E-state index in [9.17, 15) is 14.9 Å². The van der Waals surface area contributed by atoms with Crippen molar-refractivity contribution in [1.29, 1.82) is 0 Å². The molecule has 0 radical (unpaired) electrons. The molecule has 7 nitrogen and oxygen atoms in total. The molecular formula is C20H14N2O5. The Labute approximate surface area is 154 Å². The first-order valence-corrected chi connectivity index (χ1v) is 8.16. The van der Waals surface area contributed by atoms with Gasteiger partial charge in [0.15, 0.2) is 17.3 Å². The second-order valence-electron chi connectivity index (χ2n) is 5.85. The summed E-state index contributed by atoms with van der Waals surface area (Å²) in [5.41, 5.74) is 1.87. The van der Waals surface area contributed by atoms with Gasteiger partial charge >= 0.3 is 0 Å². The summed E-state index contributed by atoms with van der Waals surface area (Å²) in [6.07, 6.45) is 4.91. The van der Waals surface area contributed by atoms with Gasteiger partial charge in [-0.3, -0.25) is 14.9 Å². The van der Waals surface area contributed by atoms with Crippen LogP contribution in [0.1, 0.15) is 16.1 Å². The summed E-state index contributed by atoms with van der Waals surface area (Å²) in [6, 6.07) is 15.0. The van der Waals surface area contributed by atoms with E-state index in [-0.39, 0.29) is 18.3 Å². The first-order chi connectivity index (χ1) is 13.1. The number of aromatic nitrogens is 1. The molecular weight excluding hydrogens is 348 g/mol. The summed E-state index contributed by atoms with van der Waals surface area (Å²) < 4.78 is 12.3. The average Bonchev–Trinajstić information content (AvgIpc) is 3.34. The molecule has 7 heteroatoms. The maximum Gasteiger partial charge on any atom is 0.271 e. The number of non-ortho nitro benzene ring substituents is 1. The highest BCUT2D eigenvalue weighted by atomic mass is 16.7. The molecule has 0 amide bonds. The molecule has 2 aromatic carbocycles. The van der Waals surface area contributed by atoms with Crippen molar-refractivity contribution in [3.63, 3.8) is 0 Å². The van der Waals surface area contributed by atoms with E-state index in [4.69, 9.17) is 9.47 Å². The monoisotopic (exact) mass is 362 g/mol. The summed E-state index contributed by atoms with van der Waals surface area (Å²) in [7, 11) is 0. The van der Waals surface area contributed by atoms with Gasteiger partial charge in [0.25, 0.3) is 5.69 Å². The first-order valence-electron chi connectivity index (χ1n) is 8.16. The molecule has 0 aliphatic carbocycles. The van der Waals surface area contributed by atoms with Crippen LogP contribution in [0.15, 0.2) is 66.9 Å². The van der Waals surface area contributed by atoms with Crippen molar-refractivity contribution < 1.29 is 19.2 Å². The number of ether oxygens (including phenoxy) is 2. The summed E-state index contributed by atoms with van der Waals surface area (Å²) in [4.78, 5) is 23.0. The van der Waals surface area contributed by atoms with Crippen LogP contribution in [0.5, 0.6) is 11.5 Å². The lowest BCUT2D eigenvalue weighted by Gasteiger charge is -2.06. The van der Waals surface area contributed by atoms with Gasteiger partial charge in [-0.2, -0.15) is 0 Å². The van der Waals surface area contributed by atoms with Crippen LogP contribution in [0.25, 0.3) is 11.8 Å². The van der Waals surface area contributed by atoms with Crippen molar-refractivity contribution in [2.24, 2.45) is 0 Å². The number of nitro benzene ring substituents is 1. The van der Waals surface area contributed by atoms with Crippen LogP contribution >= 0.6 is 0 Å². The molecule has 0 spiro atoms. The molecule has 1 aliphatic rings. The van der Waals surface area contributed by atoms with Crippen LogP contribution < -0.4 is 9.47 Å². The maximum atomic E-state index is 12.4. The Kier molecular flexibility index (Phi) is 4.18. The van der Waals surface area contributed by atoms with E-state index >= 15 is 0 Å². The van der Waals surface area contributed by atoms with Crippen LogP contribution in [-0.4, -0.2) is 22.1 Å². The number of benzene rings is 2. The number of allylic oxidation sites excluding steroid dienone is 1. The van der Waals surface area contributed by atoms with E-state index in [0.717, 1.165) is 5.69 Å². The number of ketones is 1. The molecule has 0 atom stereocenters. The van der Waals surface area contributed by atoms with Gasteiger partial charge in [0.2, 0.25) is 6.79 Å². The van der Waals surface area contributed by atoms with Crippen molar-refractivity contribution in [3.05, 3.63) is 88.2 Å². The zero-order valence-corrected chi connectivity index (χ0v) is 14.1. The normalized spacial score (nSPS) is 12.4. The smallest absolute Gasteiger partial charge is 0.271 e. The number of nitrogens with zero attached hydrogens (tertiary/aromatic N) is 2. The molecule has 1 aliphatic heterocycles. The Bertz CT molecular complexity index is 1070. The van der Waals surface area contributed by atoms with E-state index in [1.807, 2.05) is 12.1 Å². The van der Waals surface area contributed by atoms with Gasteiger partial charge < -0.3 is 14.0 Å². The minimum atomic E-state index is -0.439. The Morgan fingerprint density at radius 2 is 1.93 bits per heavy atom. The molecule has 3 aromatic rings. The lowest BCUT2D eigenvalue weighted by atomic mass is 10.1. The molecule has 0 saturated carbocycles. The quantitative estimate of drug-likeness (QED) is 0.296. The zero-order valence-electron chi connectivity index (χ0n) is 14.1. The molecule has 27 heavy (non-hydrogen) atoms. The van der Waals surface area contributed by atoms with E-state index < -0.39 is 4.92 Å². The third-order valence-electron chi connectivity index (χ3n) is 4.16. The zero-order chi connectivity index (χ0) is 18.8. The Balaban J connectivity index is 1.59. The minimum Gasteiger partial charge on any atom is -0.454 e. The van der Waals surface area contributed by atoms with Gasteiger partial charge in [-0.25, -0.2) is 0 Å². The lowest BCUT2D eigenvalue weighted by molar-refractivity contribution is -0.384. The molecule has 0 bridgehead atoms. The Hall–Kier alpha value is -3.87. The van der Waals surface area contributed by atoms with Gasteiger partial charge in [0.1, 0.15) is 0 Å². The predicted molar refractivity (Wildman–Crippen MR) is 98.4 cm³/mol. The van der Waals surface area contributed by atoms with E-state index in [0.29, 0.717) is 22.7 Å². The van der Waals surface area contributed by atoms with Gasteiger partial charge in [0, 0.05) is 29.6 Å². The maximum absolute atomic E-state index is 12.4. The summed E-state index contributed by atoms with van der Waals surface area (Å²) >= 11 is 0. The number of carbonyl (C=O) groups excluding carboxylic acids is 1. The van der Waals surface area contributed by atoms with Gasteiger partial charge in [-0.05, 0) is 48.6 Å². The highest BCUT2D eigenvalue weighted by molar-refractivity contribution is 6.07. The summed E-state index contributed by atoms with van der Waals surface area (Å²) in [6.45, 7) is 0.152. The van der Waals surface area contributed by atoms with Gasteiger partial charge in [0.05, 0.1) is 10.6 Å². The van der Waals surface area contributed by atoms with Crippen molar-refractivity contribution in [3.8, 4) is 17.2 Å². The fraction of sp³-hybridized carbons (Fsp3) is 0.0500. The molecule has 4 rings (SSSR count). The third-order valence-corrected chi connectivity index (χ3v) is 4.16. The molecule has 134 valence electrons. The fourth-order valence-electron chi connectivity index (χ4n) is 2.83. The lowest BCUT2D eigenvalue weighted by Crippen LogP contribution is -1.98. The number of hydrogen-bond acceptors (Lipinski definition) is 5. The number of rotatable bonds is 5.